The number of hydrogen-bond acceptors (Lipinski definition) is 6. The minimum atomic E-state index is -1.52. The van der Waals surface area contributed by atoms with Crippen molar-refractivity contribution >= 4 is 12.0 Å². The normalized spacial score (nSPS) is 14.8. The number of nitrogens with one attached hydrogen (secondary N) is 2. The van der Waals surface area contributed by atoms with Crippen molar-refractivity contribution in [1.82, 2.24) is 25.1 Å². The summed E-state index contributed by atoms with van der Waals surface area (Å²) in [5.74, 6) is 0.121. The number of hydrogen-bond donors (Lipinski definition) is 5. The molecule has 0 radical (unpaired) electrons. The molecule has 0 aliphatic heterocycles. The molecule has 0 fully saturated rings. The van der Waals surface area contributed by atoms with Crippen LogP contribution in [-0.2, 0) is 19.4 Å². The molecule has 0 spiro atoms. The average Bonchev–Trinajstić information content (AvgIpc) is 3.35. The molecular formula is C30H41N5O5. The first-order chi connectivity index (χ1) is 18.9. The van der Waals surface area contributed by atoms with Gasteiger partial charge in [-0.1, -0.05) is 60.7 Å². The number of aromatic amines is 1. The van der Waals surface area contributed by atoms with Gasteiger partial charge < -0.3 is 30.5 Å². The van der Waals surface area contributed by atoms with E-state index < -0.39 is 41.8 Å². The van der Waals surface area contributed by atoms with Crippen molar-refractivity contribution < 1.29 is 24.9 Å². The molecule has 216 valence electrons. The number of aliphatic hydroxyl groups is 2. The Kier molecular flexibility index (Phi) is 10.4. The minimum absolute atomic E-state index is 0.170. The van der Waals surface area contributed by atoms with E-state index >= 15 is 0 Å². The second kappa shape index (κ2) is 13.6. The maximum Gasteiger partial charge on any atom is 0.408 e. The molecule has 10 heteroatoms. The van der Waals surface area contributed by atoms with E-state index in [1.165, 1.54) is 11.1 Å². The van der Waals surface area contributed by atoms with Crippen molar-refractivity contribution in [2.24, 2.45) is 0 Å². The van der Waals surface area contributed by atoms with Gasteiger partial charge in [-0.25, -0.2) is 9.78 Å². The second-order valence-electron chi connectivity index (χ2n) is 11.3. The Bertz CT molecular complexity index is 1230. The topological polar surface area (TPSA) is 142 Å². The molecule has 2 aromatic carbocycles. The van der Waals surface area contributed by atoms with Crippen molar-refractivity contribution in [3.8, 4) is 0 Å². The Balaban J connectivity index is 1.94. The van der Waals surface area contributed by atoms with E-state index in [9.17, 15) is 24.9 Å². The van der Waals surface area contributed by atoms with Crippen molar-refractivity contribution in [2.45, 2.75) is 70.0 Å². The van der Waals surface area contributed by atoms with Gasteiger partial charge in [-0.3, -0.25) is 9.69 Å². The van der Waals surface area contributed by atoms with Crippen LogP contribution >= 0.6 is 0 Å². The number of rotatable bonds is 12. The smallest absolute Gasteiger partial charge is 0.408 e. The fourth-order valence-electron chi connectivity index (χ4n) is 4.84. The first-order valence-electron chi connectivity index (χ1n) is 13.3. The predicted molar refractivity (Wildman–Crippen MR) is 153 cm³/mol. The van der Waals surface area contributed by atoms with Gasteiger partial charge in [0.25, 0.3) is 5.91 Å². The molecule has 3 rings (SSSR count). The third kappa shape index (κ3) is 8.38. The number of aliphatic hydroxyl groups excluding tert-OH is 2. The molecule has 0 aliphatic rings. The van der Waals surface area contributed by atoms with E-state index in [1.54, 1.807) is 20.8 Å². The molecule has 0 saturated heterocycles. The number of imidazole rings is 1. The highest BCUT2D eigenvalue weighted by atomic mass is 16.4. The number of carbonyl (C=O) groups excluding carboxylic acids is 1. The SMILES string of the molecule is CN(C)Cc1ncc(C(=O)N[C@@H](Cc2ccccc2)[C@@H](O)[C@@H](O)[C@@H](Cc2ccccc2)N(C(=O)O)C(C)(C)C)[nH]1. The molecule has 1 heterocycles. The Morgan fingerprint density at radius 1 is 0.925 bits per heavy atom. The lowest BCUT2D eigenvalue weighted by atomic mass is 9.88. The molecular weight excluding hydrogens is 510 g/mol. The lowest BCUT2D eigenvalue weighted by molar-refractivity contribution is -0.0638. The van der Waals surface area contributed by atoms with Crippen LogP contribution in [0.2, 0.25) is 0 Å². The van der Waals surface area contributed by atoms with Crippen molar-refractivity contribution in [2.75, 3.05) is 14.1 Å². The molecule has 2 amide bonds. The van der Waals surface area contributed by atoms with E-state index in [-0.39, 0.29) is 18.5 Å². The first kappa shape index (κ1) is 30.8. The molecule has 5 N–H and O–H groups in total. The quantitative estimate of drug-likeness (QED) is 0.233. The minimum Gasteiger partial charge on any atom is -0.465 e. The summed E-state index contributed by atoms with van der Waals surface area (Å²) in [6.07, 6.45) is -2.41. The third-order valence-electron chi connectivity index (χ3n) is 6.66. The summed E-state index contributed by atoms with van der Waals surface area (Å²) in [6.45, 7) is 5.74. The van der Waals surface area contributed by atoms with Gasteiger partial charge in [0.1, 0.15) is 23.7 Å². The third-order valence-corrected chi connectivity index (χ3v) is 6.66. The van der Waals surface area contributed by atoms with Gasteiger partial charge in [-0.05, 0) is 58.8 Å². The van der Waals surface area contributed by atoms with Crippen LogP contribution < -0.4 is 5.32 Å². The average molecular weight is 552 g/mol. The zero-order valence-electron chi connectivity index (χ0n) is 23.8. The summed E-state index contributed by atoms with van der Waals surface area (Å²) in [5.41, 5.74) is 0.994. The van der Waals surface area contributed by atoms with Crippen LogP contribution in [-0.4, -0.2) is 91.0 Å². The van der Waals surface area contributed by atoms with Crippen LogP contribution in [0.25, 0.3) is 0 Å². The Morgan fingerprint density at radius 3 is 1.98 bits per heavy atom. The molecule has 4 atom stereocenters. The summed E-state index contributed by atoms with van der Waals surface area (Å²) in [5, 5.41) is 36.2. The van der Waals surface area contributed by atoms with Gasteiger partial charge in [0.2, 0.25) is 0 Å². The van der Waals surface area contributed by atoms with Gasteiger partial charge in [0.15, 0.2) is 0 Å². The lowest BCUT2D eigenvalue weighted by Gasteiger charge is -2.43. The van der Waals surface area contributed by atoms with Gasteiger partial charge in [0.05, 0.1) is 24.8 Å². The fraction of sp³-hybridized carbons (Fsp3) is 0.433. The summed E-state index contributed by atoms with van der Waals surface area (Å²) < 4.78 is 0. The van der Waals surface area contributed by atoms with E-state index in [0.29, 0.717) is 12.4 Å². The Labute approximate surface area is 235 Å². The van der Waals surface area contributed by atoms with Crippen molar-refractivity contribution in [1.29, 1.82) is 0 Å². The highest BCUT2D eigenvalue weighted by molar-refractivity contribution is 5.92. The van der Waals surface area contributed by atoms with Gasteiger partial charge in [0, 0.05) is 5.54 Å². The molecule has 40 heavy (non-hydrogen) atoms. The van der Waals surface area contributed by atoms with Crippen LogP contribution in [0.4, 0.5) is 4.79 Å². The molecule has 0 unspecified atom stereocenters. The maximum atomic E-state index is 13.2. The van der Waals surface area contributed by atoms with Crippen LogP contribution in [0.5, 0.6) is 0 Å². The number of H-pyrrole nitrogens is 1. The summed E-state index contributed by atoms with van der Waals surface area (Å²) >= 11 is 0. The monoisotopic (exact) mass is 551 g/mol. The lowest BCUT2D eigenvalue weighted by Crippen LogP contribution is -2.62. The summed E-state index contributed by atoms with van der Waals surface area (Å²) in [7, 11) is 3.78. The standard InChI is InChI=1S/C30H41N5O5/c1-30(2,3)35(29(39)40)24(17-21-14-10-7-11-15-21)27(37)26(36)22(16-20-12-8-6-9-13-20)33-28(38)23-18-31-25(32-23)19-34(4)5/h6-15,18,22,24,26-27,36-37H,16-17,19H2,1-5H3,(H,31,32)(H,33,38)(H,39,40)/t22-,24+,26+,27-/m0/s1. The van der Waals surface area contributed by atoms with E-state index in [1.807, 2.05) is 79.7 Å². The van der Waals surface area contributed by atoms with Crippen LogP contribution in [0, 0.1) is 0 Å². The number of carbonyl (C=O) groups is 2. The van der Waals surface area contributed by atoms with Gasteiger partial charge in [-0.2, -0.15) is 0 Å². The van der Waals surface area contributed by atoms with Crippen LogP contribution in [0.3, 0.4) is 0 Å². The number of carboxylic acid groups (broad SMARTS) is 1. The molecule has 3 aromatic rings. The van der Waals surface area contributed by atoms with E-state index in [2.05, 4.69) is 15.3 Å². The zero-order valence-corrected chi connectivity index (χ0v) is 23.8. The molecule has 0 aliphatic carbocycles. The summed E-state index contributed by atoms with van der Waals surface area (Å²) in [6, 6.07) is 16.6. The van der Waals surface area contributed by atoms with E-state index in [4.69, 9.17) is 0 Å². The number of aromatic nitrogens is 2. The Morgan fingerprint density at radius 2 is 1.48 bits per heavy atom. The highest BCUT2D eigenvalue weighted by Crippen LogP contribution is 2.25. The predicted octanol–water partition coefficient (Wildman–Crippen LogP) is 2.92. The fourth-order valence-corrected chi connectivity index (χ4v) is 4.84. The van der Waals surface area contributed by atoms with Crippen LogP contribution in [0.1, 0.15) is 48.2 Å². The molecule has 10 nitrogen and oxygen atoms in total. The molecule has 1 aromatic heterocycles. The zero-order chi connectivity index (χ0) is 29.4. The first-order valence-corrected chi connectivity index (χ1v) is 13.3. The van der Waals surface area contributed by atoms with E-state index in [0.717, 1.165) is 11.1 Å². The Hall–Kier alpha value is -3.73. The summed E-state index contributed by atoms with van der Waals surface area (Å²) in [4.78, 5) is 36.0. The van der Waals surface area contributed by atoms with Crippen molar-refractivity contribution in [3.05, 3.63) is 89.5 Å². The molecule has 0 saturated carbocycles. The number of nitrogens with zero attached hydrogens (tertiary/aromatic N) is 3. The number of amides is 2. The van der Waals surface area contributed by atoms with Crippen LogP contribution in [0.15, 0.2) is 66.9 Å². The maximum absolute atomic E-state index is 13.2. The largest absolute Gasteiger partial charge is 0.465 e. The van der Waals surface area contributed by atoms with Crippen molar-refractivity contribution in [3.63, 3.8) is 0 Å². The molecule has 0 bridgehead atoms. The highest BCUT2D eigenvalue weighted by Gasteiger charge is 2.42. The second-order valence-corrected chi connectivity index (χ2v) is 11.3. The number of benzene rings is 2. The van der Waals surface area contributed by atoms with Gasteiger partial charge >= 0.3 is 6.09 Å². The van der Waals surface area contributed by atoms with Gasteiger partial charge in [-0.15, -0.1) is 0 Å².